The highest BCUT2D eigenvalue weighted by molar-refractivity contribution is 9.10. The van der Waals surface area contributed by atoms with E-state index in [2.05, 4.69) is 28.2 Å². The molecule has 2 N–H and O–H groups in total. The van der Waals surface area contributed by atoms with Crippen LogP contribution in [-0.2, 0) is 4.74 Å². The number of ether oxygens (including phenoxy) is 1. The summed E-state index contributed by atoms with van der Waals surface area (Å²) < 4.78 is 6.71. The Morgan fingerprint density at radius 3 is 2.94 bits per heavy atom. The van der Waals surface area contributed by atoms with E-state index in [1.54, 1.807) is 0 Å². The van der Waals surface area contributed by atoms with E-state index >= 15 is 0 Å². The Kier molecular flexibility index (Phi) is 4.65. The highest BCUT2D eigenvalue weighted by Crippen LogP contribution is 2.32. The second-order valence-corrected chi connectivity index (χ2v) is 5.75. The van der Waals surface area contributed by atoms with Crippen molar-refractivity contribution in [2.75, 3.05) is 18.5 Å². The van der Waals surface area contributed by atoms with E-state index in [-0.39, 0.29) is 18.2 Å². The summed E-state index contributed by atoms with van der Waals surface area (Å²) in [7, 11) is 0. The maximum Gasteiger partial charge on any atom is 0.0663 e. The van der Waals surface area contributed by atoms with Crippen LogP contribution in [0.3, 0.4) is 0 Å². The first kappa shape index (κ1) is 13.8. The molecule has 1 aromatic rings. The number of benzene rings is 1. The molecule has 1 saturated heterocycles. The van der Waals surface area contributed by atoms with Crippen molar-refractivity contribution in [3.05, 3.63) is 28.7 Å². The van der Waals surface area contributed by atoms with E-state index in [4.69, 9.17) is 4.74 Å². The molecule has 2 rings (SSSR count). The molecule has 1 heterocycles. The zero-order valence-corrected chi connectivity index (χ0v) is 12.2. The van der Waals surface area contributed by atoms with Gasteiger partial charge in [-0.3, -0.25) is 0 Å². The first-order chi connectivity index (χ1) is 8.69. The van der Waals surface area contributed by atoms with Crippen molar-refractivity contribution in [3.63, 3.8) is 0 Å². The van der Waals surface area contributed by atoms with Crippen molar-refractivity contribution in [3.8, 4) is 0 Å². The molecule has 2 unspecified atom stereocenters. The minimum absolute atomic E-state index is 0.133. The molecule has 0 amide bonds. The highest BCUT2D eigenvalue weighted by atomic mass is 79.9. The average Bonchev–Trinajstić information content (AvgIpc) is 2.42. The zero-order chi connectivity index (χ0) is 13.0. The Bertz CT molecular complexity index is 399. The van der Waals surface area contributed by atoms with Crippen molar-refractivity contribution in [2.45, 2.75) is 37.8 Å². The molecule has 1 fully saturated rings. The topological polar surface area (TPSA) is 41.5 Å². The lowest BCUT2D eigenvalue weighted by Gasteiger charge is -2.41. The second-order valence-electron chi connectivity index (χ2n) is 4.90. The number of hydrogen-bond donors (Lipinski definition) is 2. The summed E-state index contributed by atoms with van der Waals surface area (Å²) in [6, 6.07) is 8.01. The van der Waals surface area contributed by atoms with Crippen LogP contribution in [0.5, 0.6) is 0 Å². The summed E-state index contributed by atoms with van der Waals surface area (Å²) >= 11 is 3.53. The van der Waals surface area contributed by atoms with E-state index in [1.165, 1.54) is 0 Å². The van der Waals surface area contributed by atoms with Crippen LogP contribution in [0.15, 0.2) is 28.7 Å². The summed E-state index contributed by atoms with van der Waals surface area (Å²) in [5.41, 5.74) is 0.770. The van der Waals surface area contributed by atoms with E-state index < -0.39 is 0 Å². The molecule has 1 aromatic carbocycles. The van der Waals surface area contributed by atoms with Crippen molar-refractivity contribution in [1.82, 2.24) is 0 Å². The van der Waals surface area contributed by atoms with Crippen LogP contribution < -0.4 is 5.32 Å². The number of anilines is 1. The third-order valence-corrected chi connectivity index (χ3v) is 4.28. The summed E-state index contributed by atoms with van der Waals surface area (Å²) in [4.78, 5) is 0. The third kappa shape index (κ3) is 3.05. The lowest BCUT2D eigenvalue weighted by molar-refractivity contribution is -0.0273. The Balaban J connectivity index is 2.15. The van der Waals surface area contributed by atoms with Crippen molar-refractivity contribution >= 4 is 21.6 Å². The lowest BCUT2D eigenvalue weighted by atomic mass is 9.86. The Morgan fingerprint density at radius 1 is 1.50 bits per heavy atom. The second kappa shape index (κ2) is 6.04. The van der Waals surface area contributed by atoms with Gasteiger partial charge in [-0.2, -0.15) is 0 Å². The highest BCUT2D eigenvalue weighted by Gasteiger charge is 2.36. The minimum atomic E-state index is -0.261. The largest absolute Gasteiger partial charge is 0.394 e. The standard InChI is InChI=1S/C14H20BrNO2/c1-2-11-9-14(10-17,7-8-18-11)16-13-6-4-3-5-12(13)15/h3-6,11,16-17H,2,7-10H2,1H3. The number of halogens is 1. The normalized spacial score (nSPS) is 28.1. The van der Waals surface area contributed by atoms with Crippen LogP contribution in [0.2, 0.25) is 0 Å². The first-order valence-corrected chi connectivity index (χ1v) is 7.23. The molecule has 100 valence electrons. The molecule has 2 atom stereocenters. The van der Waals surface area contributed by atoms with Gasteiger partial charge in [0.2, 0.25) is 0 Å². The molecule has 0 bridgehead atoms. The molecule has 0 aliphatic carbocycles. The van der Waals surface area contributed by atoms with Crippen LogP contribution in [-0.4, -0.2) is 30.0 Å². The maximum atomic E-state index is 9.77. The van der Waals surface area contributed by atoms with Gasteiger partial charge in [0, 0.05) is 16.8 Å². The fraction of sp³-hybridized carbons (Fsp3) is 0.571. The molecule has 1 aliphatic rings. The van der Waals surface area contributed by atoms with Crippen LogP contribution in [0, 0.1) is 0 Å². The number of rotatable bonds is 4. The molecule has 18 heavy (non-hydrogen) atoms. The van der Waals surface area contributed by atoms with Gasteiger partial charge < -0.3 is 15.2 Å². The predicted molar refractivity (Wildman–Crippen MR) is 76.8 cm³/mol. The number of hydrogen-bond acceptors (Lipinski definition) is 3. The molecular formula is C14H20BrNO2. The summed E-state index contributed by atoms with van der Waals surface area (Å²) in [6.45, 7) is 2.96. The maximum absolute atomic E-state index is 9.77. The summed E-state index contributed by atoms with van der Waals surface area (Å²) in [5.74, 6) is 0. The predicted octanol–water partition coefficient (Wildman–Crippen LogP) is 3.18. The van der Waals surface area contributed by atoms with Gasteiger partial charge in [-0.1, -0.05) is 19.1 Å². The molecule has 0 saturated carbocycles. The van der Waals surface area contributed by atoms with Gasteiger partial charge in [-0.15, -0.1) is 0 Å². The molecule has 0 aromatic heterocycles. The smallest absolute Gasteiger partial charge is 0.0663 e. The SMILES string of the molecule is CCC1CC(CO)(Nc2ccccc2Br)CCO1. The molecule has 0 radical (unpaired) electrons. The number of nitrogens with one attached hydrogen (secondary N) is 1. The third-order valence-electron chi connectivity index (χ3n) is 3.58. The van der Waals surface area contributed by atoms with Crippen molar-refractivity contribution < 1.29 is 9.84 Å². The Hall–Kier alpha value is -0.580. The fourth-order valence-electron chi connectivity index (χ4n) is 2.42. The van der Waals surface area contributed by atoms with E-state index in [9.17, 15) is 5.11 Å². The Labute approximate surface area is 117 Å². The van der Waals surface area contributed by atoms with Gasteiger partial charge in [0.05, 0.1) is 18.2 Å². The quantitative estimate of drug-likeness (QED) is 0.897. The number of para-hydroxylation sites is 1. The van der Waals surface area contributed by atoms with Crippen LogP contribution >= 0.6 is 15.9 Å². The molecule has 0 spiro atoms. The zero-order valence-electron chi connectivity index (χ0n) is 10.7. The summed E-state index contributed by atoms with van der Waals surface area (Å²) in [6.07, 6.45) is 2.91. The van der Waals surface area contributed by atoms with E-state index in [0.717, 1.165) is 29.4 Å². The van der Waals surface area contributed by atoms with Crippen molar-refractivity contribution in [2.24, 2.45) is 0 Å². The van der Waals surface area contributed by atoms with Crippen LogP contribution in [0.4, 0.5) is 5.69 Å². The molecular weight excluding hydrogens is 294 g/mol. The van der Waals surface area contributed by atoms with Gasteiger partial charge >= 0.3 is 0 Å². The number of aliphatic hydroxyl groups excluding tert-OH is 1. The Morgan fingerprint density at radius 2 is 2.28 bits per heavy atom. The average molecular weight is 314 g/mol. The monoisotopic (exact) mass is 313 g/mol. The molecule has 3 nitrogen and oxygen atoms in total. The molecule has 1 aliphatic heterocycles. The van der Waals surface area contributed by atoms with E-state index in [0.29, 0.717) is 6.61 Å². The van der Waals surface area contributed by atoms with Crippen molar-refractivity contribution in [1.29, 1.82) is 0 Å². The van der Waals surface area contributed by atoms with E-state index in [1.807, 2.05) is 24.3 Å². The molecule has 4 heteroatoms. The van der Waals surface area contributed by atoms with Crippen LogP contribution in [0.1, 0.15) is 26.2 Å². The summed E-state index contributed by atoms with van der Waals surface area (Å²) in [5, 5.41) is 13.3. The van der Waals surface area contributed by atoms with Gasteiger partial charge in [-0.05, 0) is 47.3 Å². The van der Waals surface area contributed by atoms with Gasteiger partial charge in [-0.25, -0.2) is 0 Å². The first-order valence-electron chi connectivity index (χ1n) is 6.44. The van der Waals surface area contributed by atoms with Crippen LogP contribution in [0.25, 0.3) is 0 Å². The minimum Gasteiger partial charge on any atom is -0.394 e. The van der Waals surface area contributed by atoms with Gasteiger partial charge in [0.1, 0.15) is 0 Å². The number of aliphatic hydroxyl groups is 1. The van der Waals surface area contributed by atoms with Gasteiger partial charge in [0.15, 0.2) is 0 Å². The lowest BCUT2D eigenvalue weighted by Crippen LogP contribution is -2.49. The fourth-order valence-corrected chi connectivity index (χ4v) is 2.81. The van der Waals surface area contributed by atoms with Gasteiger partial charge in [0.25, 0.3) is 0 Å².